The number of aromatic nitrogens is 2. The summed E-state index contributed by atoms with van der Waals surface area (Å²) in [5, 5.41) is 2.34. The van der Waals surface area contributed by atoms with E-state index in [2.05, 4.69) is 40.0 Å². The average molecular weight is 412 g/mol. The molecule has 1 saturated carbocycles. The van der Waals surface area contributed by atoms with Crippen molar-refractivity contribution in [3.8, 4) is 5.88 Å². The van der Waals surface area contributed by atoms with E-state index < -0.39 is 0 Å². The van der Waals surface area contributed by atoms with Crippen molar-refractivity contribution in [2.75, 3.05) is 26.3 Å². The maximum absolute atomic E-state index is 6.48. The second-order valence-electron chi connectivity index (χ2n) is 8.24. The number of hydrogen-bond donors (Lipinski definition) is 0. The van der Waals surface area contributed by atoms with Gasteiger partial charge in [-0.1, -0.05) is 19.4 Å². The molecule has 1 aliphatic carbocycles. The highest BCUT2D eigenvalue weighted by molar-refractivity contribution is 7.25. The van der Waals surface area contributed by atoms with Crippen LogP contribution in [0.1, 0.15) is 44.6 Å². The van der Waals surface area contributed by atoms with E-state index in [0.717, 1.165) is 68.1 Å². The molecule has 0 atom stereocenters. The minimum atomic E-state index is 0.249. The van der Waals surface area contributed by atoms with Crippen LogP contribution in [-0.2, 0) is 11.2 Å². The van der Waals surface area contributed by atoms with Crippen LogP contribution < -0.4 is 4.74 Å². The van der Waals surface area contributed by atoms with Crippen molar-refractivity contribution in [2.45, 2.75) is 57.6 Å². The third-order valence-corrected chi connectivity index (χ3v) is 7.40. The molecule has 154 valence electrons. The van der Waals surface area contributed by atoms with Crippen LogP contribution in [0.2, 0.25) is 0 Å². The number of nitrogens with zero attached hydrogens (tertiary/aromatic N) is 3. The zero-order chi connectivity index (χ0) is 19.6. The van der Waals surface area contributed by atoms with Crippen LogP contribution in [0.5, 0.6) is 5.88 Å². The zero-order valence-corrected chi connectivity index (χ0v) is 17.9. The summed E-state index contributed by atoms with van der Waals surface area (Å²) < 4.78 is 13.3. The van der Waals surface area contributed by atoms with E-state index in [0.29, 0.717) is 6.04 Å². The standard InChI is InChI=1S/C23H29N3O2S/c1-2-3-16-4-9-20-19(14-16)21-22(24-15-25-23(21)29-20)28-18-7-5-17(6-8-18)26-10-12-27-13-11-26/h4,9,14-15,17-18H,2-3,5-8,10-13H2,1H3/t17-,18-. The number of morpholine rings is 1. The molecule has 3 aromatic rings. The molecule has 0 spiro atoms. The summed E-state index contributed by atoms with van der Waals surface area (Å²) in [6, 6.07) is 7.46. The lowest BCUT2D eigenvalue weighted by molar-refractivity contribution is -0.00125. The van der Waals surface area contributed by atoms with Gasteiger partial charge in [0.25, 0.3) is 0 Å². The molecular formula is C23H29N3O2S. The zero-order valence-electron chi connectivity index (χ0n) is 17.1. The first kappa shape index (κ1) is 19.2. The molecule has 0 radical (unpaired) electrons. The van der Waals surface area contributed by atoms with E-state index in [1.54, 1.807) is 17.7 Å². The van der Waals surface area contributed by atoms with Gasteiger partial charge >= 0.3 is 0 Å². The van der Waals surface area contributed by atoms with E-state index in [1.807, 2.05) is 0 Å². The molecule has 2 fully saturated rings. The number of benzene rings is 1. The number of thiophene rings is 1. The van der Waals surface area contributed by atoms with E-state index in [9.17, 15) is 0 Å². The smallest absolute Gasteiger partial charge is 0.226 e. The van der Waals surface area contributed by atoms with E-state index >= 15 is 0 Å². The molecule has 0 amide bonds. The van der Waals surface area contributed by atoms with Crippen LogP contribution in [0, 0.1) is 0 Å². The summed E-state index contributed by atoms with van der Waals surface area (Å²) in [6.07, 6.45) is 8.74. The van der Waals surface area contributed by atoms with Gasteiger partial charge in [-0.25, -0.2) is 9.97 Å². The van der Waals surface area contributed by atoms with Gasteiger partial charge in [0.2, 0.25) is 5.88 Å². The lowest BCUT2D eigenvalue weighted by Crippen LogP contribution is -2.46. The molecule has 5 nitrogen and oxygen atoms in total. The Labute approximate surface area is 176 Å². The highest BCUT2D eigenvalue weighted by atomic mass is 32.1. The van der Waals surface area contributed by atoms with Crippen LogP contribution in [0.15, 0.2) is 24.5 Å². The van der Waals surface area contributed by atoms with Crippen molar-refractivity contribution in [3.05, 3.63) is 30.1 Å². The molecule has 1 saturated heterocycles. The predicted octanol–water partition coefficient (Wildman–Crippen LogP) is 4.82. The second kappa shape index (κ2) is 8.54. The molecule has 0 N–H and O–H groups in total. The third kappa shape index (κ3) is 3.98. The van der Waals surface area contributed by atoms with Crippen molar-refractivity contribution in [2.24, 2.45) is 0 Å². The number of aryl methyl sites for hydroxylation is 1. The van der Waals surface area contributed by atoms with Gasteiger partial charge in [-0.2, -0.15) is 0 Å². The summed E-state index contributed by atoms with van der Waals surface area (Å²) in [4.78, 5) is 12.7. The predicted molar refractivity (Wildman–Crippen MR) is 118 cm³/mol. The van der Waals surface area contributed by atoms with Crippen molar-refractivity contribution in [1.82, 2.24) is 14.9 Å². The Morgan fingerprint density at radius 3 is 2.76 bits per heavy atom. The second-order valence-corrected chi connectivity index (χ2v) is 9.27. The number of rotatable bonds is 5. The quantitative estimate of drug-likeness (QED) is 0.602. The van der Waals surface area contributed by atoms with Crippen LogP contribution in [-0.4, -0.2) is 53.3 Å². The Kier molecular flexibility index (Phi) is 5.66. The first-order chi connectivity index (χ1) is 14.3. The van der Waals surface area contributed by atoms with E-state index in [1.165, 1.54) is 28.5 Å². The van der Waals surface area contributed by atoms with Gasteiger partial charge in [0.05, 0.1) is 18.6 Å². The minimum Gasteiger partial charge on any atom is -0.474 e. The fourth-order valence-corrected chi connectivity index (χ4v) is 5.80. The van der Waals surface area contributed by atoms with Crippen molar-refractivity contribution >= 4 is 31.6 Å². The molecular weight excluding hydrogens is 382 g/mol. The van der Waals surface area contributed by atoms with Crippen molar-refractivity contribution in [3.63, 3.8) is 0 Å². The van der Waals surface area contributed by atoms with Crippen molar-refractivity contribution in [1.29, 1.82) is 0 Å². The SMILES string of the molecule is CCCc1ccc2sc3ncnc(O[C@H]4CC[C@H](N5CCOCC5)CC4)c3c2c1. The van der Waals surface area contributed by atoms with Gasteiger partial charge in [0.1, 0.15) is 17.3 Å². The molecule has 0 bridgehead atoms. The Balaban J connectivity index is 1.35. The molecule has 2 aromatic heterocycles. The van der Waals surface area contributed by atoms with Crippen LogP contribution in [0.4, 0.5) is 0 Å². The Hall–Kier alpha value is -1.76. The molecule has 2 aliphatic rings. The van der Waals surface area contributed by atoms with Gasteiger partial charge in [-0.05, 0) is 49.8 Å². The fraction of sp³-hybridized carbons (Fsp3) is 0.565. The number of hydrogen-bond acceptors (Lipinski definition) is 6. The summed E-state index contributed by atoms with van der Waals surface area (Å²) in [5.74, 6) is 0.768. The highest BCUT2D eigenvalue weighted by Gasteiger charge is 2.28. The normalized spacial score (nSPS) is 23.6. The first-order valence-electron chi connectivity index (χ1n) is 11.0. The van der Waals surface area contributed by atoms with Crippen LogP contribution in [0.3, 0.4) is 0 Å². The molecule has 29 heavy (non-hydrogen) atoms. The summed E-state index contributed by atoms with van der Waals surface area (Å²) in [5.41, 5.74) is 1.38. The van der Waals surface area contributed by atoms with Crippen LogP contribution >= 0.6 is 11.3 Å². The van der Waals surface area contributed by atoms with Gasteiger partial charge in [-0.3, -0.25) is 4.90 Å². The highest BCUT2D eigenvalue weighted by Crippen LogP contribution is 2.38. The van der Waals surface area contributed by atoms with Crippen molar-refractivity contribution < 1.29 is 9.47 Å². The van der Waals surface area contributed by atoms with Gasteiger partial charge in [-0.15, -0.1) is 11.3 Å². The van der Waals surface area contributed by atoms with E-state index in [4.69, 9.17) is 9.47 Å². The van der Waals surface area contributed by atoms with Crippen LogP contribution in [0.25, 0.3) is 20.3 Å². The van der Waals surface area contributed by atoms with Gasteiger partial charge in [0.15, 0.2) is 0 Å². The minimum absolute atomic E-state index is 0.249. The molecule has 5 rings (SSSR count). The Morgan fingerprint density at radius 2 is 1.97 bits per heavy atom. The number of ether oxygens (including phenoxy) is 2. The van der Waals surface area contributed by atoms with Gasteiger partial charge in [0, 0.05) is 29.2 Å². The molecule has 1 aliphatic heterocycles. The Bertz CT molecular complexity index is 975. The maximum atomic E-state index is 6.48. The lowest BCUT2D eigenvalue weighted by Gasteiger charge is -2.38. The van der Waals surface area contributed by atoms with Gasteiger partial charge < -0.3 is 9.47 Å². The topological polar surface area (TPSA) is 47.5 Å². The Morgan fingerprint density at radius 1 is 1.14 bits per heavy atom. The molecule has 3 heterocycles. The third-order valence-electron chi connectivity index (χ3n) is 6.32. The number of fused-ring (bicyclic) bond motifs is 3. The monoisotopic (exact) mass is 411 g/mol. The fourth-order valence-electron chi connectivity index (χ4n) is 4.79. The maximum Gasteiger partial charge on any atom is 0.226 e. The average Bonchev–Trinajstić information content (AvgIpc) is 3.14. The summed E-state index contributed by atoms with van der Waals surface area (Å²) >= 11 is 1.73. The summed E-state index contributed by atoms with van der Waals surface area (Å²) in [7, 11) is 0. The lowest BCUT2D eigenvalue weighted by atomic mass is 9.91. The van der Waals surface area contributed by atoms with E-state index in [-0.39, 0.29) is 6.10 Å². The molecule has 6 heteroatoms. The first-order valence-corrected chi connectivity index (χ1v) is 11.8. The summed E-state index contributed by atoms with van der Waals surface area (Å²) in [6.45, 7) is 6.12. The molecule has 0 unspecified atom stereocenters. The largest absolute Gasteiger partial charge is 0.474 e. The molecule has 1 aromatic carbocycles.